The Morgan fingerprint density at radius 2 is 1.96 bits per heavy atom. The molecule has 0 unspecified atom stereocenters. The maximum absolute atomic E-state index is 12.7. The Kier molecular flexibility index (Phi) is 5.53. The fourth-order valence-electron chi connectivity index (χ4n) is 3.17. The van der Waals surface area contributed by atoms with Crippen molar-refractivity contribution in [1.29, 1.82) is 5.26 Å². The van der Waals surface area contributed by atoms with Crippen molar-refractivity contribution >= 4 is 44.9 Å². The third kappa shape index (κ3) is 3.92. The summed E-state index contributed by atoms with van der Waals surface area (Å²) in [6, 6.07) is 5.75. The second-order valence-corrected chi connectivity index (χ2v) is 9.57. The van der Waals surface area contributed by atoms with E-state index >= 15 is 0 Å². The minimum Gasteiger partial charge on any atom is -0.494 e. The number of rotatable bonds is 3. The van der Waals surface area contributed by atoms with Gasteiger partial charge in [-0.05, 0) is 37.1 Å². The van der Waals surface area contributed by atoms with Gasteiger partial charge in [0.05, 0.1) is 28.8 Å². The van der Waals surface area contributed by atoms with E-state index in [0.717, 1.165) is 4.57 Å². The van der Waals surface area contributed by atoms with Crippen LogP contribution in [0.5, 0.6) is 5.88 Å². The number of hydrogen-bond acceptors (Lipinski definition) is 6. The lowest BCUT2D eigenvalue weighted by molar-refractivity contribution is 0.379. The number of nitrogens with zero attached hydrogens (tertiary/aromatic N) is 3. The summed E-state index contributed by atoms with van der Waals surface area (Å²) in [5, 5.41) is 20.9. The van der Waals surface area contributed by atoms with Gasteiger partial charge in [0.1, 0.15) is 11.6 Å². The molecule has 28 heavy (non-hydrogen) atoms. The highest BCUT2D eigenvalue weighted by Crippen LogP contribution is 2.30. The average molecular weight is 440 g/mol. The molecule has 1 aliphatic rings. The summed E-state index contributed by atoms with van der Waals surface area (Å²) < 4.78 is 24.6. The van der Waals surface area contributed by atoms with Crippen molar-refractivity contribution in [2.45, 2.75) is 19.4 Å². The molecule has 0 saturated carbocycles. The Morgan fingerprint density at radius 1 is 1.32 bits per heavy atom. The zero-order valence-electron chi connectivity index (χ0n) is 14.7. The van der Waals surface area contributed by atoms with Gasteiger partial charge in [-0.1, -0.05) is 23.2 Å². The van der Waals surface area contributed by atoms with Crippen LogP contribution in [0.3, 0.4) is 0 Å². The van der Waals surface area contributed by atoms with Crippen molar-refractivity contribution in [2.24, 2.45) is 4.99 Å². The lowest BCUT2D eigenvalue weighted by atomic mass is 10.0. The number of aromatic hydroxyl groups is 1. The fraction of sp³-hybridized carbons (Fsp3) is 0.278. The zero-order valence-corrected chi connectivity index (χ0v) is 17.0. The molecule has 0 amide bonds. The zero-order chi connectivity index (χ0) is 20.6. The topological polar surface area (TPSA) is 113 Å². The predicted molar refractivity (Wildman–Crippen MR) is 108 cm³/mol. The van der Waals surface area contributed by atoms with Crippen LogP contribution in [0, 0.1) is 18.3 Å². The molecule has 0 aliphatic carbocycles. The van der Waals surface area contributed by atoms with E-state index in [9.17, 15) is 23.6 Å². The first-order chi connectivity index (χ1) is 13.1. The van der Waals surface area contributed by atoms with E-state index in [4.69, 9.17) is 23.2 Å². The summed E-state index contributed by atoms with van der Waals surface area (Å²) >= 11 is 11.9. The van der Waals surface area contributed by atoms with Crippen LogP contribution in [0.4, 0.5) is 5.69 Å². The van der Waals surface area contributed by atoms with Crippen LogP contribution in [0.15, 0.2) is 28.0 Å². The van der Waals surface area contributed by atoms with Crippen LogP contribution in [0.25, 0.3) is 0 Å². The highest BCUT2D eigenvalue weighted by Gasteiger charge is 2.33. The molecule has 3 rings (SSSR count). The summed E-state index contributed by atoms with van der Waals surface area (Å²) in [7, 11) is -3.30. The van der Waals surface area contributed by atoms with Crippen molar-refractivity contribution in [1.82, 2.24) is 4.57 Å². The van der Waals surface area contributed by atoms with E-state index in [1.165, 1.54) is 13.1 Å². The Bertz CT molecular complexity index is 1180. The average Bonchev–Trinajstić information content (AvgIpc) is 2.93. The lowest BCUT2D eigenvalue weighted by Gasteiger charge is -2.18. The Morgan fingerprint density at radius 3 is 2.50 bits per heavy atom. The number of benzene rings is 1. The number of aromatic nitrogens is 1. The van der Waals surface area contributed by atoms with Gasteiger partial charge < -0.3 is 5.11 Å². The fourth-order valence-corrected chi connectivity index (χ4v) is 5.38. The summed E-state index contributed by atoms with van der Waals surface area (Å²) in [6.45, 7) is 1.52. The van der Waals surface area contributed by atoms with Crippen LogP contribution in [-0.2, 0) is 9.84 Å². The minimum absolute atomic E-state index is 0.0796. The number of nitriles is 1. The molecular formula is C18H15Cl2N3O4S. The van der Waals surface area contributed by atoms with Crippen LogP contribution >= 0.6 is 23.2 Å². The maximum atomic E-state index is 12.7. The number of sulfone groups is 1. The van der Waals surface area contributed by atoms with Gasteiger partial charge in [0, 0.05) is 16.3 Å². The van der Waals surface area contributed by atoms with E-state index in [1.807, 2.05) is 6.07 Å². The summed E-state index contributed by atoms with van der Waals surface area (Å²) in [5.41, 5.74) is -0.0817. The quantitative estimate of drug-likeness (QED) is 0.737. The van der Waals surface area contributed by atoms with Gasteiger partial charge in [0.2, 0.25) is 5.88 Å². The molecule has 0 radical (unpaired) electrons. The highest BCUT2D eigenvalue weighted by atomic mass is 35.5. The third-order valence-electron chi connectivity index (χ3n) is 4.56. The van der Waals surface area contributed by atoms with Gasteiger partial charge in [0.15, 0.2) is 9.84 Å². The van der Waals surface area contributed by atoms with Crippen molar-refractivity contribution in [2.75, 3.05) is 11.5 Å². The predicted octanol–water partition coefficient (Wildman–Crippen LogP) is 3.15. The van der Waals surface area contributed by atoms with Crippen LogP contribution in [0.1, 0.15) is 29.2 Å². The Labute approximate surface area is 171 Å². The molecule has 1 N–H and O–H groups in total. The maximum Gasteiger partial charge on any atom is 0.271 e. The molecule has 1 fully saturated rings. The molecular weight excluding hydrogens is 425 g/mol. The molecule has 2 aromatic rings. The Hall–Kier alpha value is -2.34. The molecule has 0 spiro atoms. The van der Waals surface area contributed by atoms with Crippen molar-refractivity contribution in [3.05, 3.63) is 55.3 Å². The van der Waals surface area contributed by atoms with Gasteiger partial charge in [0.25, 0.3) is 5.56 Å². The van der Waals surface area contributed by atoms with E-state index in [-0.39, 0.29) is 34.6 Å². The monoisotopic (exact) mass is 439 g/mol. The highest BCUT2D eigenvalue weighted by molar-refractivity contribution is 7.91. The first-order valence-electron chi connectivity index (χ1n) is 8.21. The van der Waals surface area contributed by atoms with E-state index in [0.29, 0.717) is 15.7 Å². The van der Waals surface area contributed by atoms with Gasteiger partial charge in [-0.25, -0.2) is 8.42 Å². The van der Waals surface area contributed by atoms with Gasteiger partial charge in [-0.3, -0.25) is 14.4 Å². The number of hydrogen-bond donors (Lipinski definition) is 1. The SMILES string of the molecule is Cc1c(C=Nc2cc(Cl)cc(Cl)c2)c(O)n([C@@H]2CCS(=O)(=O)C2)c(=O)c1C#N. The van der Waals surface area contributed by atoms with Crippen molar-refractivity contribution < 1.29 is 13.5 Å². The molecule has 1 aromatic carbocycles. The van der Waals surface area contributed by atoms with E-state index in [2.05, 4.69) is 4.99 Å². The molecule has 1 aliphatic heterocycles. The smallest absolute Gasteiger partial charge is 0.271 e. The minimum atomic E-state index is -3.30. The molecule has 2 heterocycles. The molecule has 1 saturated heterocycles. The standard InChI is InChI=1S/C18H15Cl2N3O4S/c1-10-15(7-21)17(24)23(14-2-3-28(26,27)9-14)18(25)16(10)8-22-13-5-11(19)4-12(20)6-13/h4-6,8,14,25H,2-3,9H2,1H3/t14-/m1/s1. The van der Waals surface area contributed by atoms with Crippen molar-refractivity contribution in [3.63, 3.8) is 0 Å². The van der Waals surface area contributed by atoms with Crippen LogP contribution in [-0.4, -0.2) is 35.8 Å². The number of pyridine rings is 1. The Balaban J connectivity index is 2.16. The first kappa shape index (κ1) is 20.4. The second kappa shape index (κ2) is 7.59. The molecule has 10 heteroatoms. The molecule has 7 nitrogen and oxygen atoms in total. The van der Waals surface area contributed by atoms with Gasteiger partial charge >= 0.3 is 0 Å². The summed E-state index contributed by atoms with van der Waals surface area (Å²) in [5.74, 6) is -0.779. The molecule has 1 atom stereocenters. The number of halogens is 2. The first-order valence-corrected chi connectivity index (χ1v) is 10.8. The normalized spacial score (nSPS) is 18.4. The van der Waals surface area contributed by atoms with Crippen molar-refractivity contribution in [3.8, 4) is 11.9 Å². The lowest BCUT2D eigenvalue weighted by Crippen LogP contribution is -2.29. The molecule has 146 valence electrons. The summed E-state index contributed by atoms with van der Waals surface area (Å²) in [6.07, 6.45) is 1.48. The van der Waals surface area contributed by atoms with Crippen LogP contribution < -0.4 is 5.56 Å². The third-order valence-corrected chi connectivity index (χ3v) is 6.74. The molecule has 1 aromatic heterocycles. The van der Waals surface area contributed by atoms with Crippen LogP contribution in [0.2, 0.25) is 10.0 Å². The second-order valence-electron chi connectivity index (χ2n) is 6.47. The van der Waals surface area contributed by atoms with E-state index in [1.54, 1.807) is 18.2 Å². The number of aliphatic imine (C=N–C) groups is 1. The van der Waals surface area contributed by atoms with Gasteiger partial charge in [-0.15, -0.1) is 0 Å². The van der Waals surface area contributed by atoms with Gasteiger partial charge in [-0.2, -0.15) is 5.26 Å². The largest absolute Gasteiger partial charge is 0.494 e. The summed E-state index contributed by atoms with van der Waals surface area (Å²) in [4.78, 5) is 16.9. The molecule has 0 bridgehead atoms. The van der Waals surface area contributed by atoms with E-state index < -0.39 is 27.3 Å².